The molecule has 0 bridgehead atoms. The topological polar surface area (TPSA) is 20.3 Å². The first kappa shape index (κ1) is 17.2. The molecule has 2 nitrogen and oxygen atoms in total. The smallest absolute Gasteiger partial charge is 0.255 e. The van der Waals surface area contributed by atoms with Gasteiger partial charge in [0.2, 0.25) is 0 Å². The van der Waals surface area contributed by atoms with Crippen LogP contribution in [0, 0.1) is 11.7 Å². The Morgan fingerprint density at radius 1 is 1.30 bits per heavy atom. The van der Waals surface area contributed by atoms with E-state index in [1.54, 1.807) is 12.1 Å². The number of hydrogen-bond acceptors (Lipinski definition) is 1. The van der Waals surface area contributed by atoms with Crippen molar-refractivity contribution in [1.82, 2.24) is 4.90 Å². The van der Waals surface area contributed by atoms with Crippen molar-refractivity contribution in [3.63, 3.8) is 0 Å². The highest BCUT2D eigenvalue weighted by Gasteiger charge is 2.25. The number of nitrogens with zero attached hydrogens (tertiary/aromatic N) is 1. The second kappa shape index (κ2) is 7.77. The molecule has 20 heavy (non-hydrogen) atoms. The van der Waals surface area contributed by atoms with Crippen LogP contribution in [0.25, 0.3) is 0 Å². The lowest BCUT2D eigenvalue weighted by atomic mass is 10.1. The predicted molar refractivity (Wildman–Crippen MR) is 84.3 cm³/mol. The quantitative estimate of drug-likeness (QED) is 0.721. The number of halogens is 2. The largest absolute Gasteiger partial charge is 0.335 e. The summed E-state index contributed by atoms with van der Waals surface area (Å²) in [5.41, 5.74) is 0.401. The van der Waals surface area contributed by atoms with Gasteiger partial charge in [-0.15, -0.1) is 0 Å². The monoisotopic (exact) mass is 343 g/mol. The Morgan fingerprint density at radius 2 is 1.90 bits per heavy atom. The Hall–Kier alpha value is -0.900. The Bertz CT molecular complexity index is 458. The van der Waals surface area contributed by atoms with Crippen LogP contribution >= 0.6 is 15.9 Å². The van der Waals surface area contributed by atoms with E-state index in [1.165, 1.54) is 6.07 Å². The lowest BCUT2D eigenvalue weighted by molar-refractivity contribution is 0.0639. The lowest BCUT2D eigenvalue weighted by Gasteiger charge is -2.32. The van der Waals surface area contributed by atoms with Crippen LogP contribution in [0.1, 0.15) is 50.9 Å². The van der Waals surface area contributed by atoms with E-state index in [0.29, 0.717) is 18.0 Å². The van der Waals surface area contributed by atoms with E-state index in [0.717, 1.165) is 12.8 Å². The molecule has 0 aliphatic carbocycles. The summed E-state index contributed by atoms with van der Waals surface area (Å²) in [6.45, 7) is 9.02. The third-order valence-corrected chi connectivity index (χ3v) is 4.19. The normalized spacial score (nSPS) is 11.2. The number of carbonyl (C=O) groups excluding carboxylic acids is 1. The highest BCUT2D eigenvalue weighted by atomic mass is 79.9. The molecule has 0 saturated heterocycles. The van der Waals surface area contributed by atoms with Crippen LogP contribution in [0.3, 0.4) is 0 Å². The summed E-state index contributed by atoms with van der Waals surface area (Å²) in [4.78, 5) is 14.6. The SMILES string of the molecule is CCC(CC)N(CC(C)C)C(=O)c1cccc(F)c1Br. The summed E-state index contributed by atoms with van der Waals surface area (Å²) < 4.78 is 13.9. The molecule has 0 saturated carbocycles. The van der Waals surface area contributed by atoms with E-state index < -0.39 is 5.82 Å². The van der Waals surface area contributed by atoms with Crippen molar-refractivity contribution in [2.45, 2.75) is 46.6 Å². The molecule has 1 amide bonds. The van der Waals surface area contributed by atoms with Crippen LogP contribution in [0.15, 0.2) is 22.7 Å². The van der Waals surface area contributed by atoms with Gasteiger partial charge in [0, 0.05) is 12.6 Å². The van der Waals surface area contributed by atoms with Gasteiger partial charge in [-0.3, -0.25) is 4.79 Å². The van der Waals surface area contributed by atoms with Crippen molar-refractivity contribution in [1.29, 1.82) is 0 Å². The minimum Gasteiger partial charge on any atom is -0.335 e. The second-order valence-electron chi connectivity index (χ2n) is 5.42. The molecule has 0 heterocycles. The second-order valence-corrected chi connectivity index (χ2v) is 6.22. The summed E-state index contributed by atoms with van der Waals surface area (Å²) in [5, 5.41) is 0. The van der Waals surface area contributed by atoms with Crippen molar-refractivity contribution in [3.8, 4) is 0 Å². The van der Waals surface area contributed by atoms with E-state index in [4.69, 9.17) is 0 Å². The summed E-state index contributed by atoms with van der Waals surface area (Å²) >= 11 is 3.19. The van der Waals surface area contributed by atoms with Gasteiger partial charge in [0.15, 0.2) is 0 Å². The third kappa shape index (κ3) is 4.05. The average Bonchev–Trinajstić information content (AvgIpc) is 2.41. The zero-order valence-electron chi connectivity index (χ0n) is 12.6. The molecular weight excluding hydrogens is 321 g/mol. The highest BCUT2D eigenvalue weighted by molar-refractivity contribution is 9.10. The molecule has 0 atom stereocenters. The Labute approximate surface area is 129 Å². The first-order valence-electron chi connectivity index (χ1n) is 7.17. The molecule has 0 fully saturated rings. The number of benzene rings is 1. The van der Waals surface area contributed by atoms with Crippen LogP contribution in [0.5, 0.6) is 0 Å². The summed E-state index contributed by atoms with van der Waals surface area (Å²) in [7, 11) is 0. The Morgan fingerprint density at radius 3 is 2.40 bits per heavy atom. The van der Waals surface area contributed by atoms with Gasteiger partial charge in [-0.25, -0.2) is 4.39 Å². The summed E-state index contributed by atoms with van der Waals surface area (Å²) in [6, 6.07) is 4.80. The maximum atomic E-state index is 13.6. The number of amides is 1. The van der Waals surface area contributed by atoms with Gasteiger partial charge in [0.25, 0.3) is 5.91 Å². The van der Waals surface area contributed by atoms with Crippen molar-refractivity contribution in [2.75, 3.05) is 6.54 Å². The van der Waals surface area contributed by atoms with Gasteiger partial charge in [-0.05, 0) is 46.8 Å². The predicted octanol–water partition coefficient (Wildman–Crippen LogP) is 4.88. The van der Waals surface area contributed by atoms with Crippen LogP contribution < -0.4 is 0 Å². The molecule has 4 heteroatoms. The fourth-order valence-corrected chi connectivity index (χ4v) is 2.78. The standard InChI is InChI=1S/C16H23BrFNO/c1-5-12(6-2)19(10-11(3)4)16(20)13-8-7-9-14(18)15(13)17/h7-9,11-12H,5-6,10H2,1-4H3. The van der Waals surface area contributed by atoms with Crippen LogP contribution in [0.2, 0.25) is 0 Å². The van der Waals surface area contributed by atoms with Gasteiger partial charge < -0.3 is 4.90 Å². The molecule has 1 aromatic rings. The molecule has 1 aromatic carbocycles. The van der Waals surface area contributed by atoms with E-state index >= 15 is 0 Å². The maximum absolute atomic E-state index is 13.6. The minimum absolute atomic E-state index is 0.0984. The van der Waals surface area contributed by atoms with E-state index in [9.17, 15) is 9.18 Å². The molecule has 112 valence electrons. The van der Waals surface area contributed by atoms with Crippen LogP contribution in [0.4, 0.5) is 4.39 Å². The zero-order chi connectivity index (χ0) is 15.3. The Kier molecular flexibility index (Phi) is 6.66. The van der Waals surface area contributed by atoms with E-state index in [2.05, 4.69) is 43.6 Å². The fourth-order valence-electron chi connectivity index (χ4n) is 2.34. The molecule has 0 aromatic heterocycles. The number of hydrogen-bond donors (Lipinski definition) is 0. The molecule has 0 aliphatic heterocycles. The highest BCUT2D eigenvalue weighted by Crippen LogP contribution is 2.24. The number of rotatable bonds is 6. The zero-order valence-corrected chi connectivity index (χ0v) is 14.2. The molecule has 0 spiro atoms. The first-order chi connectivity index (χ1) is 9.42. The molecule has 0 radical (unpaired) electrons. The Balaban J connectivity index is 3.12. The van der Waals surface area contributed by atoms with Crippen molar-refractivity contribution >= 4 is 21.8 Å². The molecule has 0 aliphatic rings. The molecule has 1 rings (SSSR count). The molecule has 0 N–H and O–H groups in total. The van der Waals surface area contributed by atoms with Gasteiger partial charge in [0.1, 0.15) is 5.82 Å². The van der Waals surface area contributed by atoms with Gasteiger partial charge in [0.05, 0.1) is 10.0 Å². The summed E-state index contributed by atoms with van der Waals surface area (Å²) in [6.07, 6.45) is 1.81. The van der Waals surface area contributed by atoms with Gasteiger partial charge in [-0.2, -0.15) is 0 Å². The summed E-state index contributed by atoms with van der Waals surface area (Å²) in [5.74, 6) is -0.115. The maximum Gasteiger partial charge on any atom is 0.255 e. The lowest BCUT2D eigenvalue weighted by Crippen LogP contribution is -2.42. The molecular formula is C16H23BrFNO. The average molecular weight is 344 g/mol. The van der Waals surface area contributed by atoms with Crippen LogP contribution in [-0.4, -0.2) is 23.4 Å². The van der Waals surface area contributed by atoms with Crippen molar-refractivity contribution in [3.05, 3.63) is 34.1 Å². The first-order valence-corrected chi connectivity index (χ1v) is 7.96. The van der Waals surface area contributed by atoms with Crippen LogP contribution in [-0.2, 0) is 0 Å². The fraction of sp³-hybridized carbons (Fsp3) is 0.562. The van der Waals surface area contributed by atoms with Crippen molar-refractivity contribution < 1.29 is 9.18 Å². The third-order valence-electron chi connectivity index (χ3n) is 3.39. The van der Waals surface area contributed by atoms with Gasteiger partial charge >= 0.3 is 0 Å². The molecule has 0 unspecified atom stereocenters. The minimum atomic E-state index is -0.398. The van der Waals surface area contributed by atoms with E-state index in [1.807, 2.05) is 4.90 Å². The number of carbonyl (C=O) groups is 1. The van der Waals surface area contributed by atoms with Gasteiger partial charge in [-0.1, -0.05) is 33.8 Å². The van der Waals surface area contributed by atoms with Crippen molar-refractivity contribution in [2.24, 2.45) is 5.92 Å². The van der Waals surface area contributed by atoms with E-state index in [-0.39, 0.29) is 16.4 Å².